The highest BCUT2D eigenvalue weighted by Gasteiger charge is 2.11. The number of rotatable bonds is 5. The van der Waals surface area contributed by atoms with Crippen molar-refractivity contribution in [3.63, 3.8) is 0 Å². The molecule has 0 fully saturated rings. The van der Waals surface area contributed by atoms with Crippen LogP contribution in [0.2, 0.25) is 0 Å². The maximum atomic E-state index is 11.5. The fraction of sp³-hybridized carbons (Fsp3) is 0.250. The lowest BCUT2D eigenvalue weighted by atomic mass is 10.2. The summed E-state index contributed by atoms with van der Waals surface area (Å²) >= 11 is 0. The van der Waals surface area contributed by atoms with E-state index in [2.05, 4.69) is 10.6 Å². The van der Waals surface area contributed by atoms with E-state index in [0.29, 0.717) is 11.3 Å². The third kappa shape index (κ3) is 4.23. The summed E-state index contributed by atoms with van der Waals surface area (Å²) in [7, 11) is 0. The summed E-state index contributed by atoms with van der Waals surface area (Å²) in [5, 5.41) is 22.4. The van der Waals surface area contributed by atoms with E-state index in [4.69, 9.17) is 10.4 Å². The number of amides is 1. The van der Waals surface area contributed by atoms with Crippen LogP contribution in [-0.2, 0) is 9.59 Å². The molecule has 0 saturated carbocycles. The highest BCUT2D eigenvalue weighted by Crippen LogP contribution is 2.08. The van der Waals surface area contributed by atoms with Gasteiger partial charge in [-0.3, -0.25) is 14.9 Å². The minimum absolute atomic E-state index is 0.0898. The van der Waals surface area contributed by atoms with Gasteiger partial charge < -0.3 is 10.4 Å². The van der Waals surface area contributed by atoms with Crippen LogP contribution in [0.3, 0.4) is 0 Å². The lowest BCUT2D eigenvalue weighted by molar-refractivity contribution is -0.139. The molecule has 0 spiro atoms. The summed E-state index contributed by atoms with van der Waals surface area (Å²) in [6, 6.07) is 7.58. The van der Waals surface area contributed by atoms with Crippen molar-refractivity contribution in [3.05, 3.63) is 29.8 Å². The van der Waals surface area contributed by atoms with Crippen molar-refractivity contribution in [3.8, 4) is 6.07 Å². The van der Waals surface area contributed by atoms with Crippen molar-refractivity contribution in [2.24, 2.45) is 0 Å². The van der Waals surface area contributed by atoms with E-state index in [0.717, 1.165) is 0 Å². The molecule has 0 aliphatic carbocycles. The van der Waals surface area contributed by atoms with Crippen LogP contribution < -0.4 is 10.6 Å². The van der Waals surface area contributed by atoms with Crippen molar-refractivity contribution in [2.75, 3.05) is 11.9 Å². The first-order valence-corrected chi connectivity index (χ1v) is 5.29. The number of carboxylic acids is 1. The standard InChI is InChI=1S/C12H13N3O3/c1-8(12(17)18)14-7-11(16)15-10-4-2-9(6-13)3-5-10/h2-5,8,14H,7H2,1H3,(H,15,16)(H,17,18)/t8-/m1/s1. The summed E-state index contributed by atoms with van der Waals surface area (Å²) < 4.78 is 0. The summed E-state index contributed by atoms with van der Waals surface area (Å²) in [5.74, 6) is -1.35. The Morgan fingerprint density at radius 1 is 1.39 bits per heavy atom. The number of anilines is 1. The number of carbonyl (C=O) groups is 2. The minimum Gasteiger partial charge on any atom is -0.480 e. The van der Waals surface area contributed by atoms with E-state index in [1.54, 1.807) is 24.3 Å². The molecule has 0 aliphatic rings. The summed E-state index contributed by atoms with van der Waals surface area (Å²) in [5.41, 5.74) is 1.06. The Kier molecular flexibility index (Phi) is 4.84. The number of carbonyl (C=O) groups excluding carboxylic acids is 1. The van der Waals surface area contributed by atoms with Gasteiger partial charge >= 0.3 is 5.97 Å². The quantitative estimate of drug-likeness (QED) is 0.705. The zero-order valence-corrected chi connectivity index (χ0v) is 9.80. The van der Waals surface area contributed by atoms with Crippen molar-refractivity contribution in [2.45, 2.75) is 13.0 Å². The predicted molar refractivity (Wildman–Crippen MR) is 64.9 cm³/mol. The van der Waals surface area contributed by atoms with Gasteiger partial charge in [-0.25, -0.2) is 0 Å². The average molecular weight is 247 g/mol. The topological polar surface area (TPSA) is 102 Å². The zero-order valence-electron chi connectivity index (χ0n) is 9.80. The maximum absolute atomic E-state index is 11.5. The SMILES string of the molecule is C[C@@H](NCC(=O)Nc1ccc(C#N)cc1)C(=O)O. The molecule has 1 rings (SSSR count). The van der Waals surface area contributed by atoms with Crippen LogP contribution in [0.1, 0.15) is 12.5 Å². The van der Waals surface area contributed by atoms with Crippen LogP contribution in [0.4, 0.5) is 5.69 Å². The third-order valence-electron chi connectivity index (χ3n) is 2.24. The molecule has 0 radical (unpaired) electrons. The largest absolute Gasteiger partial charge is 0.480 e. The second kappa shape index (κ2) is 6.37. The summed E-state index contributed by atoms with van der Waals surface area (Å²) in [4.78, 5) is 22.0. The molecule has 94 valence electrons. The van der Waals surface area contributed by atoms with Gasteiger partial charge in [0.1, 0.15) is 6.04 Å². The Morgan fingerprint density at radius 2 is 2.00 bits per heavy atom. The fourth-order valence-electron chi connectivity index (χ4n) is 1.17. The first-order valence-electron chi connectivity index (χ1n) is 5.29. The van der Waals surface area contributed by atoms with Crippen LogP contribution in [0.15, 0.2) is 24.3 Å². The molecule has 3 N–H and O–H groups in total. The molecule has 1 aromatic rings. The van der Waals surface area contributed by atoms with Crippen LogP contribution >= 0.6 is 0 Å². The van der Waals surface area contributed by atoms with Crippen LogP contribution in [0.25, 0.3) is 0 Å². The van der Waals surface area contributed by atoms with Crippen molar-refractivity contribution in [1.82, 2.24) is 5.32 Å². The molecular formula is C12H13N3O3. The number of benzene rings is 1. The fourth-order valence-corrected chi connectivity index (χ4v) is 1.17. The molecule has 0 saturated heterocycles. The molecule has 0 unspecified atom stereocenters. The van der Waals surface area contributed by atoms with Gasteiger partial charge in [-0.2, -0.15) is 5.26 Å². The molecular weight excluding hydrogens is 234 g/mol. The Labute approximate surface area is 104 Å². The molecule has 0 aliphatic heterocycles. The van der Waals surface area contributed by atoms with Gasteiger partial charge in [0.2, 0.25) is 5.91 Å². The highest BCUT2D eigenvalue weighted by molar-refractivity contribution is 5.92. The van der Waals surface area contributed by atoms with Crippen LogP contribution in [0.5, 0.6) is 0 Å². The van der Waals surface area contributed by atoms with Crippen LogP contribution in [0, 0.1) is 11.3 Å². The molecule has 6 heteroatoms. The zero-order chi connectivity index (χ0) is 13.5. The van der Waals surface area contributed by atoms with E-state index < -0.39 is 12.0 Å². The normalized spacial score (nSPS) is 11.3. The van der Waals surface area contributed by atoms with Gasteiger partial charge in [-0.1, -0.05) is 0 Å². The maximum Gasteiger partial charge on any atom is 0.320 e. The molecule has 6 nitrogen and oxygen atoms in total. The molecule has 0 heterocycles. The average Bonchev–Trinajstić information content (AvgIpc) is 2.36. The Hall–Kier alpha value is -2.39. The molecule has 18 heavy (non-hydrogen) atoms. The van der Waals surface area contributed by atoms with E-state index >= 15 is 0 Å². The Morgan fingerprint density at radius 3 is 2.50 bits per heavy atom. The first-order chi connectivity index (χ1) is 8.52. The number of nitrogens with zero attached hydrogens (tertiary/aromatic N) is 1. The Bertz CT molecular complexity index is 476. The molecule has 0 aromatic heterocycles. The van der Waals surface area contributed by atoms with Crippen LogP contribution in [-0.4, -0.2) is 29.6 Å². The number of nitrogens with one attached hydrogen (secondary N) is 2. The predicted octanol–water partition coefficient (Wildman–Crippen LogP) is 0.559. The number of nitriles is 1. The van der Waals surface area contributed by atoms with Gasteiger partial charge in [0, 0.05) is 5.69 Å². The van der Waals surface area contributed by atoms with Crippen molar-refractivity contribution < 1.29 is 14.7 Å². The third-order valence-corrected chi connectivity index (χ3v) is 2.24. The number of hydrogen-bond acceptors (Lipinski definition) is 4. The van der Waals surface area contributed by atoms with Gasteiger partial charge in [0.05, 0.1) is 18.2 Å². The molecule has 0 bridgehead atoms. The Balaban J connectivity index is 2.45. The second-order valence-electron chi connectivity index (χ2n) is 3.68. The second-order valence-corrected chi connectivity index (χ2v) is 3.68. The highest BCUT2D eigenvalue weighted by atomic mass is 16.4. The van der Waals surface area contributed by atoms with Gasteiger partial charge in [-0.15, -0.1) is 0 Å². The number of carboxylic acid groups (broad SMARTS) is 1. The lowest BCUT2D eigenvalue weighted by Gasteiger charge is -2.09. The van der Waals surface area contributed by atoms with E-state index in [9.17, 15) is 9.59 Å². The number of hydrogen-bond donors (Lipinski definition) is 3. The van der Waals surface area contributed by atoms with Crippen molar-refractivity contribution in [1.29, 1.82) is 5.26 Å². The minimum atomic E-state index is -1.01. The first kappa shape index (κ1) is 13.7. The van der Waals surface area contributed by atoms with E-state index in [1.165, 1.54) is 6.92 Å². The van der Waals surface area contributed by atoms with E-state index in [1.807, 2.05) is 6.07 Å². The molecule has 1 amide bonds. The molecule has 1 atom stereocenters. The number of aliphatic carboxylic acids is 1. The van der Waals surface area contributed by atoms with Crippen molar-refractivity contribution >= 4 is 17.6 Å². The summed E-state index contributed by atoms with van der Waals surface area (Å²) in [6.07, 6.45) is 0. The van der Waals surface area contributed by atoms with Gasteiger partial charge in [0.15, 0.2) is 0 Å². The monoisotopic (exact) mass is 247 g/mol. The smallest absolute Gasteiger partial charge is 0.320 e. The van der Waals surface area contributed by atoms with Gasteiger partial charge in [0.25, 0.3) is 0 Å². The van der Waals surface area contributed by atoms with Gasteiger partial charge in [-0.05, 0) is 31.2 Å². The lowest BCUT2D eigenvalue weighted by Crippen LogP contribution is -2.39. The summed E-state index contributed by atoms with van der Waals surface area (Å²) in [6.45, 7) is 1.37. The van der Waals surface area contributed by atoms with E-state index in [-0.39, 0.29) is 12.5 Å². The molecule has 1 aromatic carbocycles.